The molecule has 0 aliphatic rings. The van der Waals surface area contributed by atoms with Gasteiger partial charge in [-0.2, -0.15) is 0 Å². The van der Waals surface area contributed by atoms with Crippen LogP contribution in [0.3, 0.4) is 0 Å². The third kappa shape index (κ3) is 1.68. The van der Waals surface area contributed by atoms with Crippen molar-refractivity contribution in [3.63, 3.8) is 0 Å². The summed E-state index contributed by atoms with van der Waals surface area (Å²) in [5.41, 5.74) is 1.02. The van der Waals surface area contributed by atoms with E-state index in [1.54, 1.807) is 0 Å². The molecule has 0 radical (unpaired) electrons. The van der Waals surface area contributed by atoms with Gasteiger partial charge in [-0.05, 0) is 11.3 Å². The molecule has 2 nitrogen and oxygen atoms in total. The van der Waals surface area contributed by atoms with Gasteiger partial charge in [0.1, 0.15) is 0 Å². The lowest BCUT2D eigenvalue weighted by atomic mass is 9.98. The number of rotatable bonds is 2. The van der Waals surface area contributed by atoms with E-state index in [2.05, 4.69) is 18.7 Å². The van der Waals surface area contributed by atoms with Crippen molar-refractivity contribution in [3.8, 4) is 5.75 Å². The van der Waals surface area contributed by atoms with Gasteiger partial charge in [-0.3, -0.25) is 0 Å². The van der Waals surface area contributed by atoms with Crippen LogP contribution in [0.5, 0.6) is 5.75 Å². The van der Waals surface area contributed by atoms with Crippen molar-refractivity contribution in [1.82, 2.24) is 0 Å². The van der Waals surface area contributed by atoms with Crippen LogP contribution in [-0.2, 0) is 0 Å². The molecular formula is C13H14O2. The Hall–Kier alpha value is -1.54. The van der Waals surface area contributed by atoms with Crippen LogP contribution in [0.4, 0.5) is 0 Å². The molecule has 15 heavy (non-hydrogen) atoms. The van der Waals surface area contributed by atoms with E-state index in [-0.39, 0.29) is 0 Å². The Balaban J connectivity index is 2.75. The Labute approximate surface area is 89.0 Å². The molecule has 0 aliphatic carbocycles. The van der Waals surface area contributed by atoms with Crippen molar-refractivity contribution >= 4 is 10.8 Å². The van der Waals surface area contributed by atoms with Crippen molar-refractivity contribution in [3.05, 3.63) is 42.0 Å². The predicted molar refractivity (Wildman–Crippen MR) is 61.3 cm³/mol. The molecular weight excluding hydrogens is 188 g/mol. The summed E-state index contributed by atoms with van der Waals surface area (Å²) in [4.78, 5) is 4.52. The minimum absolute atomic E-state index is 0.330. The van der Waals surface area contributed by atoms with Gasteiger partial charge in [0.05, 0.1) is 0 Å². The van der Waals surface area contributed by atoms with E-state index < -0.39 is 0 Å². The Morgan fingerprint density at radius 3 is 2.47 bits per heavy atom. The van der Waals surface area contributed by atoms with Gasteiger partial charge in [0.15, 0.2) is 5.75 Å². The summed E-state index contributed by atoms with van der Waals surface area (Å²) in [7, 11) is 0. The van der Waals surface area contributed by atoms with E-state index in [0.717, 1.165) is 16.3 Å². The summed E-state index contributed by atoms with van der Waals surface area (Å²) in [6.45, 7) is 4.15. The molecule has 2 rings (SSSR count). The third-order valence-electron chi connectivity index (χ3n) is 2.62. The van der Waals surface area contributed by atoms with Gasteiger partial charge in [0.25, 0.3) is 0 Å². The molecule has 0 atom stereocenters. The van der Waals surface area contributed by atoms with Gasteiger partial charge in [0, 0.05) is 10.9 Å². The minimum atomic E-state index is 0.330. The van der Waals surface area contributed by atoms with Gasteiger partial charge in [0.2, 0.25) is 0 Å². The van der Waals surface area contributed by atoms with E-state index in [0.29, 0.717) is 11.7 Å². The van der Waals surface area contributed by atoms with Crippen molar-refractivity contribution in [2.24, 2.45) is 0 Å². The summed E-state index contributed by atoms with van der Waals surface area (Å²) in [6.07, 6.45) is 0. The maximum Gasteiger partial charge on any atom is 0.176 e. The fourth-order valence-corrected chi connectivity index (χ4v) is 1.82. The molecule has 0 spiro atoms. The molecule has 0 saturated carbocycles. The largest absolute Gasteiger partial charge is 0.339 e. The van der Waals surface area contributed by atoms with E-state index in [4.69, 9.17) is 5.26 Å². The lowest BCUT2D eigenvalue weighted by Crippen LogP contribution is -1.95. The van der Waals surface area contributed by atoms with Crippen LogP contribution >= 0.6 is 0 Å². The molecule has 2 aromatic rings. The first-order valence-electron chi connectivity index (χ1n) is 5.07. The monoisotopic (exact) mass is 202 g/mol. The Morgan fingerprint density at radius 1 is 1.07 bits per heavy atom. The Kier molecular flexibility index (Phi) is 2.60. The van der Waals surface area contributed by atoms with Crippen molar-refractivity contribution in [2.75, 3.05) is 0 Å². The molecule has 0 bridgehead atoms. The quantitative estimate of drug-likeness (QED) is 0.592. The van der Waals surface area contributed by atoms with Crippen molar-refractivity contribution in [1.29, 1.82) is 0 Å². The SMILES string of the molecule is CC(C)c1ccc2ccccc2c1OO. The highest BCUT2D eigenvalue weighted by atomic mass is 17.1. The minimum Gasteiger partial charge on any atom is -0.339 e. The molecule has 78 valence electrons. The molecule has 0 heterocycles. The highest BCUT2D eigenvalue weighted by Gasteiger charge is 2.11. The lowest BCUT2D eigenvalue weighted by molar-refractivity contribution is -0.137. The van der Waals surface area contributed by atoms with Crippen LogP contribution in [0.1, 0.15) is 25.3 Å². The van der Waals surface area contributed by atoms with E-state index in [1.165, 1.54) is 0 Å². The first kappa shape index (κ1) is 9.99. The van der Waals surface area contributed by atoms with Crippen LogP contribution in [-0.4, -0.2) is 5.26 Å². The van der Waals surface area contributed by atoms with Gasteiger partial charge in [-0.15, -0.1) is 0 Å². The Morgan fingerprint density at radius 2 is 1.80 bits per heavy atom. The third-order valence-corrected chi connectivity index (χ3v) is 2.62. The number of fused-ring (bicyclic) bond motifs is 1. The van der Waals surface area contributed by atoms with Crippen molar-refractivity contribution < 1.29 is 10.1 Å². The number of hydrogen-bond donors (Lipinski definition) is 1. The van der Waals surface area contributed by atoms with Crippen LogP contribution in [0.2, 0.25) is 0 Å². The molecule has 0 amide bonds. The molecule has 2 aromatic carbocycles. The van der Waals surface area contributed by atoms with Crippen LogP contribution in [0, 0.1) is 0 Å². The highest BCUT2D eigenvalue weighted by Crippen LogP contribution is 2.33. The van der Waals surface area contributed by atoms with Crippen LogP contribution in [0.15, 0.2) is 36.4 Å². The molecule has 0 fully saturated rings. The molecule has 2 heteroatoms. The predicted octanol–water partition coefficient (Wildman–Crippen LogP) is 3.82. The summed E-state index contributed by atoms with van der Waals surface area (Å²) in [6, 6.07) is 11.9. The van der Waals surface area contributed by atoms with Crippen molar-refractivity contribution in [2.45, 2.75) is 19.8 Å². The first-order chi connectivity index (χ1) is 7.24. The summed E-state index contributed by atoms with van der Waals surface area (Å²) in [5.74, 6) is 0.903. The first-order valence-corrected chi connectivity index (χ1v) is 5.07. The van der Waals surface area contributed by atoms with Gasteiger partial charge in [-0.25, -0.2) is 5.26 Å². The molecule has 0 aromatic heterocycles. The second-order valence-corrected chi connectivity index (χ2v) is 3.95. The highest BCUT2D eigenvalue weighted by molar-refractivity contribution is 5.89. The van der Waals surface area contributed by atoms with Gasteiger partial charge >= 0.3 is 0 Å². The molecule has 0 saturated heterocycles. The fraction of sp³-hybridized carbons (Fsp3) is 0.231. The fourth-order valence-electron chi connectivity index (χ4n) is 1.82. The van der Waals surface area contributed by atoms with E-state index in [1.807, 2.05) is 36.4 Å². The van der Waals surface area contributed by atoms with Gasteiger partial charge in [-0.1, -0.05) is 50.2 Å². The standard InChI is InChI=1S/C13H14O2/c1-9(2)11-8-7-10-5-3-4-6-12(10)13(11)15-14/h3-9,14H,1-2H3. The average Bonchev–Trinajstić information content (AvgIpc) is 2.27. The van der Waals surface area contributed by atoms with E-state index in [9.17, 15) is 0 Å². The Bertz CT molecular complexity index is 475. The zero-order chi connectivity index (χ0) is 10.8. The zero-order valence-electron chi connectivity index (χ0n) is 8.90. The number of benzene rings is 2. The summed E-state index contributed by atoms with van der Waals surface area (Å²) in [5, 5.41) is 11.0. The molecule has 1 N–H and O–H groups in total. The summed E-state index contributed by atoms with van der Waals surface area (Å²) >= 11 is 0. The smallest absolute Gasteiger partial charge is 0.176 e. The molecule has 0 unspecified atom stereocenters. The van der Waals surface area contributed by atoms with Crippen LogP contribution < -0.4 is 4.89 Å². The van der Waals surface area contributed by atoms with Gasteiger partial charge < -0.3 is 4.89 Å². The maximum absolute atomic E-state index is 8.97. The second-order valence-electron chi connectivity index (χ2n) is 3.95. The van der Waals surface area contributed by atoms with E-state index >= 15 is 0 Å². The van der Waals surface area contributed by atoms with Crippen LogP contribution in [0.25, 0.3) is 10.8 Å². The zero-order valence-corrected chi connectivity index (χ0v) is 8.90. The summed E-state index contributed by atoms with van der Waals surface area (Å²) < 4.78 is 0. The number of hydrogen-bond acceptors (Lipinski definition) is 2. The average molecular weight is 202 g/mol. The lowest BCUT2D eigenvalue weighted by Gasteiger charge is -2.12. The second kappa shape index (κ2) is 3.91. The maximum atomic E-state index is 8.97. The topological polar surface area (TPSA) is 29.5 Å². The normalized spacial score (nSPS) is 10.9. The molecule has 0 aliphatic heterocycles.